The fourth-order valence-electron chi connectivity index (χ4n) is 3.21. The molecule has 8 heteroatoms. The van der Waals surface area contributed by atoms with Gasteiger partial charge < -0.3 is 9.64 Å². The topological polar surface area (TPSA) is 63.7 Å². The van der Waals surface area contributed by atoms with Crippen molar-refractivity contribution in [1.82, 2.24) is 4.90 Å². The number of carbonyl (C=O) groups excluding carboxylic acids is 1. The highest BCUT2D eigenvalue weighted by Gasteiger charge is 2.34. The molecule has 2 aromatic rings. The molecule has 3 rings (SSSR count). The van der Waals surface area contributed by atoms with Crippen molar-refractivity contribution in [3.05, 3.63) is 64.4 Å². The third-order valence-electron chi connectivity index (χ3n) is 4.70. The van der Waals surface area contributed by atoms with Gasteiger partial charge in [0.1, 0.15) is 11.6 Å². The molecular formula is C20H21ClFNO4S. The number of benzene rings is 2. The largest absolute Gasteiger partial charge is 0.484 e. The van der Waals surface area contributed by atoms with Crippen LogP contribution in [0.1, 0.15) is 17.5 Å². The van der Waals surface area contributed by atoms with E-state index in [0.717, 1.165) is 5.56 Å². The summed E-state index contributed by atoms with van der Waals surface area (Å²) >= 11 is 5.99. The van der Waals surface area contributed by atoms with Gasteiger partial charge in [-0.1, -0.05) is 23.7 Å². The van der Waals surface area contributed by atoms with Gasteiger partial charge in [0.15, 0.2) is 16.4 Å². The van der Waals surface area contributed by atoms with Gasteiger partial charge >= 0.3 is 0 Å². The van der Waals surface area contributed by atoms with Crippen LogP contribution in [0.25, 0.3) is 0 Å². The van der Waals surface area contributed by atoms with Crippen molar-refractivity contribution in [2.24, 2.45) is 0 Å². The van der Waals surface area contributed by atoms with Crippen molar-refractivity contribution in [3.63, 3.8) is 0 Å². The van der Waals surface area contributed by atoms with Crippen LogP contribution in [0.15, 0.2) is 42.5 Å². The van der Waals surface area contributed by atoms with Gasteiger partial charge in [-0.05, 0) is 54.8 Å². The van der Waals surface area contributed by atoms with Gasteiger partial charge in [-0.2, -0.15) is 0 Å². The van der Waals surface area contributed by atoms with Crippen LogP contribution in [-0.2, 0) is 21.2 Å². The smallest absolute Gasteiger partial charge is 0.261 e. The Balaban J connectivity index is 1.75. The SMILES string of the molecule is Cc1cc(OCC(=O)N(Cc2cccc(F)c2)C2CCS(=O)(=O)C2)ccc1Cl. The molecule has 1 heterocycles. The number of hydrogen-bond acceptors (Lipinski definition) is 4. The molecule has 28 heavy (non-hydrogen) atoms. The molecule has 1 fully saturated rings. The zero-order chi connectivity index (χ0) is 20.3. The minimum atomic E-state index is -3.18. The molecule has 1 unspecified atom stereocenters. The van der Waals surface area contributed by atoms with E-state index in [9.17, 15) is 17.6 Å². The molecule has 0 radical (unpaired) electrons. The Morgan fingerprint density at radius 1 is 1.29 bits per heavy atom. The molecule has 150 valence electrons. The van der Waals surface area contributed by atoms with E-state index in [2.05, 4.69) is 0 Å². The monoisotopic (exact) mass is 425 g/mol. The Bertz CT molecular complexity index is 980. The Hall–Kier alpha value is -2.12. The maximum atomic E-state index is 13.5. The summed E-state index contributed by atoms with van der Waals surface area (Å²) in [7, 11) is -3.18. The van der Waals surface area contributed by atoms with E-state index in [0.29, 0.717) is 22.8 Å². The summed E-state index contributed by atoms with van der Waals surface area (Å²) in [5.41, 5.74) is 1.42. The highest BCUT2D eigenvalue weighted by atomic mass is 35.5. The second-order valence-electron chi connectivity index (χ2n) is 6.91. The molecule has 5 nitrogen and oxygen atoms in total. The van der Waals surface area contributed by atoms with Crippen LogP contribution >= 0.6 is 11.6 Å². The highest BCUT2D eigenvalue weighted by Crippen LogP contribution is 2.23. The van der Waals surface area contributed by atoms with Gasteiger partial charge in [-0.25, -0.2) is 12.8 Å². The van der Waals surface area contributed by atoms with Crippen LogP contribution in [0.4, 0.5) is 4.39 Å². The normalized spacial score (nSPS) is 18.0. The molecule has 1 aliphatic heterocycles. The van der Waals surface area contributed by atoms with E-state index in [4.69, 9.17) is 16.3 Å². The molecule has 0 saturated carbocycles. The van der Waals surface area contributed by atoms with Crippen LogP contribution in [-0.4, -0.2) is 43.4 Å². The van der Waals surface area contributed by atoms with E-state index >= 15 is 0 Å². The van der Waals surface area contributed by atoms with Crippen molar-refractivity contribution in [2.75, 3.05) is 18.1 Å². The van der Waals surface area contributed by atoms with Crippen LogP contribution in [0.5, 0.6) is 5.75 Å². The summed E-state index contributed by atoms with van der Waals surface area (Å²) in [4.78, 5) is 14.3. The summed E-state index contributed by atoms with van der Waals surface area (Å²) in [6.07, 6.45) is 0.365. The van der Waals surface area contributed by atoms with Crippen molar-refractivity contribution < 1.29 is 22.3 Å². The number of sulfone groups is 1. The van der Waals surface area contributed by atoms with Crippen molar-refractivity contribution >= 4 is 27.3 Å². The summed E-state index contributed by atoms with van der Waals surface area (Å²) in [6, 6.07) is 10.6. The fourth-order valence-corrected chi connectivity index (χ4v) is 5.06. The van der Waals surface area contributed by atoms with Crippen molar-refractivity contribution in [2.45, 2.75) is 25.9 Å². The average Bonchev–Trinajstić information content (AvgIpc) is 3.00. The van der Waals surface area contributed by atoms with Crippen LogP contribution in [0.2, 0.25) is 5.02 Å². The first kappa shape index (κ1) is 20.6. The van der Waals surface area contributed by atoms with E-state index in [1.54, 1.807) is 30.3 Å². The Morgan fingerprint density at radius 3 is 2.71 bits per heavy atom. The predicted molar refractivity (Wildman–Crippen MR) is 106 cm³/mol. The molecular weight excluding hydrogens is 405 g/mol. The standard InChI is InChI=1S/C20H21ClFNO4S/c1-14-9-18(5-6-19(14)21)27-12-20(24)23(17-7-8-28(25,26)13-17)11-15-3-2-4-16(22)10-15/h2-6,9-10,17H,7-8,11-13H2,1H3. The summed E-state index contributed by atoms with van der Waals surface area (Å²) in [5, 5.41) is 0.600. The Morgan fingerprint density at radius 2 is 2.07 bits per heavy atom. The molecule has 0 N–H and O–H groups in total. The fraction of sp³-hybridized carbons (Fsp3) is 0.350. The second-order valence-corrected chi connectivity index (χ2v) is 9.54. The van der Waals surface area contributed by atoms with Crippen LogP contribution < -0.4 is 4.74 Å². The Kier molecular flexibility index (Phi) is 6.25. The zero-order valence-corrected chi connectivity index (χ0v) is 17.0. The number of ether oxygens (including phenoxy) is 1. The molecule has 0 bridgehead atoms. The van der Waals surface area contributed by atoms with Crippen LogP contribution in [0.3, 0.4) is 0 Å². The first-order valence-electron chi connectivity index (χ1n) is 8.87. The number of amides is 1. The molecule has 1 aliphatic rings. The lowest BCUT2D eigenvalue weighted by Crippen LogP contribution is -2.43. The summed E-state index contributed by atoms with van der Waals surface area (Å²) in [5.74, 6) is -0.300. The molecule has 1 amide bonds. The molecule has 0 aliphatic carbocycles. The lowest BCUT2D eigenvalue weighted by atomic mass is 10.1. The highest BCUT2D eigenvalue weighted by molar-refractivity contribution is 7.91. The van der Waals surface area contributed by atoms with Crippen molar-refractivity contribution in [3.8, 4) is 5.75 Å². The van der Waals surface area contributed by atoms with Gasteiger partial charge in [0.05, 0.1) is 11.5 Å². The van der Waals surface area contributed by atoms with E-state index in [1.807, 2.05) is 6.92 Å². The quantitative estimate of drug-likeness (QED) is 0.711. The number of nitrogens with zero attached hydrogens (tertiary/aromatic N) is 1. The second kappa shape index (κ2) is 8.49. The number of hydrogen-bond donors (Lipinski definition) is 0. The van der Waals surface area contributed by atoms with E-state index in [-0.39, 0.29) is 30.6 Å². The lowest BCUT2D eigenvalue weighted by Gasteiger charge is -2.28. The minimum Gasteiger partial charge on any atom is -0.484 e. The molecule has 0 aromatic heterocycles. The van der Waals surface area contributed by atoms with Gasteiger partial charge in [0, 0.05) is 17.6 Å². The van der Waals surface area contributed by atoms with Crippen LogP contribution in [0, 0.1) is 12.7 Å². The minimum absolute atomic E-state index is 0.0435. The first-order chi connectivity index (χ1) is 13.2. The van der Waals surface area contributed by atoms with Crippen molar-refractivity contribution in [1.29, 1.82) is 0 Å². The van der Waals surface area contributed by atoms with E-state index < -0.39 is 21.7 Å². The van der Waals surface area contributed by atoms with Gasteiger partial charge in [0.25, 0.3) is 5.91 Å². The molecule has 0 spiro atoms. The number of carbonyl (C=O) groups is 1. The summed E-state index contributed by atoms with van der Waals surface area (Å²) in [6.45, 7) is 1.71. The first-order valence-corrected chi connectivity index (χ1v) is 11.1. The molecule has 2 aromatic carbocycles. The third-order valence-corrected chi connectivity index (χ3v) is 6.88. The molecule has 1 atom stereocenters. The molecule has 1 saturated heterocycles. The predicted octanol–water partition coefficient (Wildman–Crippen LogP) is 3.38. The summed E-state index contributed by atoms with van der Waals surface area (Å²) < 4.78 is 42.9. The lowest BCUT2D eigenvalue weighted by molar-refractivity contribution is -0.136. The third kappa shape index (κ3) is 5.23. The maximum Gasteiger partial charge on any atom is 0.261 e. The number of aryl methyl sites for hydroxylation is 1. The van der Waals surface area contributed by atoms with E-state index in [1.165, 1.54) is 17.0 Å². The van der Waals surface area contributed by atoms with Gasteiger partial charge in [-0.3, -0.25) is 4.79 Å². The number of halogens is 2. The zero-order valence-electron chi connectivity index (χ0n) is 15.4. The average molecular weight is 426 g/mol. The Labute approximate surface area is 169 Å². The van der Waals surface area contributed by atoms with Gasteiger partial charge in [0.2, 0.25) is 0 Å². The number of rotatable bonds is 6. The van der Waals surface area contributed by atoms with Gasteiger partial charge in [-0.15, -0.1) is 0 Å². The maximum absolute atomic E-state index is 13.5.